The molecule has 0 aliphatic rings. The third-order valence-corrected chi connectivity index (χ3v) is 4.32. The van der Waals surface area contributed by atoms with Crippen LogP contribution in [0.15, 0.2) is 6.33 Å². The molecule has 0 bridgehead atoms. The fraction of sp³-hybridized carbons (Fsp3) is 0.500. The number of aromatic nitrogens is 2. The molecule has 2 heterocycles. The Morgan fingerprint density at radius 2 is 2.05 bits per heavy atom. The molecule has 2 N–H and O–H groups in total. The maximum atomic E-state index is 11.5. The number of hydrogen-bond donors (Lipinski definition) is 2. The van der Waals surface area contributed by atoms with Crippen LogP contribution in [-0.4, -0.2) is 29.0 Å². The lowest BCUT2D eigenvalue weighted by Gasteiger charge is -2.09. The summed E-state index contributed by atoms with van der Waals surface area (Å²) in [6.45, 7) is 9.18. The second-order valence-electron chi connectivity index (χ2n) is 5.06. The van der Waals surface area contributed by atoms with Crippen LogP contribution in [0.5, 0.6) is 0 Å². The average molecular weight is 292 g/mol. The number of carbonyl (C=O) groups is 1. The first-order valence-corrected chi connectivity index (χ1v) is 7.54. The van der Waals surface area contributed by atoms with Crippen molar-refractivity contribution in [3.63, 3.8) is 0 Å². The van der Waals surface area contributed by atoms with Gasteiger partial charge in [0.25, 0.3) is 0 Å². The van der Waals surface area contributed by atoms with E-state index in [0.29, 0.717) is 13.1 Å². The maximum absolute atomic E-state index is 11.5. The number of fused-ring (bicyclic) bond motifs is 1. The maximum Gasteiger partial charge on any atom is 0.222 e. The topological polar surface area (TPSA) is 66.9 Å². The Morgan fingerprint density at radius 1 is 1.30 bits per heavy atom. The van der Waals surface area contributed by atoms with Gasteiger partial charge in [0.15, 0.2) is 0 Å². The number of thiophene rings is 1. The molecular weight excluding hydrogens is 272 g/mol. The molecule has 0 spiro atoms. The summed E-state index contributed by atoms with van der Waals surface area (Å²) in [7, 11) is 0. The summed E-state index contributed by atoms with van der Waals surface area (Å²) in [5, 5.41) is 7.24. The molecule has 2 aromatic heterocycles. The van der Waals surface area contributed by atoms with Gasteiger partial charge in [0.05, 0.1) is 5.39 Å². The highest BCUT2D eigenvalue weighted by molar-refractivity contribution is 7.18. The highest BCUT2D eigenvalue weighted by Crippen LogP contribution is 2.32. The Morgan fingerprint density at radius 3 is 2.75 bits per heavy atom. The van der Waals surface area contributed by atoms with E-state index in [4.69, 9.17) is 0 Å². The molecular formula is C14H20N4OS. The zero-order valence-electron chi connectivity index (χ0n) is 12.3. The average Bonchev–Trinajstić information content (AvgIpc) is 2.70. The Labute approximate surface area is 122 Å². The third kappa shape index (κ3) is 3.07. The minimum absolute atomic E-state index is 0.0162. The second-order valence-corrected chi connectivity index (χ2v) is 6.26. The van der Waals surface area contributed by atoms with Gasteiger partial charge >= 0.3 is 0 Å². The van der Waals surface area contributed by atoms with E-state index in [-0.39, 0.29) is 11.8 Å². The number of nitrogens with zero attached hydrogens (tertiary/aromatic N) is 2. The van der Waals surface area contributed by atoms with E-state index in [1.54, 1.807) is 17.7 Å². The van der Waals surface area contributed by atoms with Crippen molar-refractivity contribution >= 4 is 33.3 Å². The molecule has 0 fully saturated rings. The van der Waals surface area contributed by atoms with Crippen molar-refractivity contribution in [2.24, 2.45) is 5.92 Å². The Bertz CT molecular complexity index is 621. The van der Waals surface area contributed by atoms with Crippen molar-refractivity contribution < 1.29 is 4.79 Å². The highest BCUT2D eigenvalue weighted by atomic mass is 32.1. The lowest BCUT2D eigenvalue weighted by Crippen LogP contribution is -2.32. The predicted molar refractivity (Wildman–Crippen MR) is 83.2 cm³/mol. The first-order valence-electron chi connectivity index (χ1n) is 6.73. The van der Waals surface area contributed by atoms with Gasteiger partial charge in [-0.15, -0.1) is 11.3 Å². The fourth-order valence-corrected chi connectivity index (χ4v) is 2.88. The molecule has 0 saturated carbocycles. The third-order valence-electron chi connectivity index (χ3n) is 3.21. The van der Waals surface area contributed by atoms with Gasteiger partial charge in [-0.05, 0) is 19.4 Å². The van der Waals surface area contributed by atoms with Gasteiger partial charge in [0.1, 0.15) is 17.0 Å². The van der Waals surface area contributed by atoms with Gasteiger partial charge in [-0.25, -0.2) is 9.97 Å². The van der Waals surface area contributed by atoms with Crippen LogP contribution in [0.1, 0.15) is 24.3 Å². The lowest BCUT2D eigenvalue weighted by atomic mass is 10.2. The Balaban J connectivity index is 2.02. The number of rotatable bonds is 5. The van der Waals surface area contributed by atoms with E-state index < -0.39 is 0 Å². The molecule has 0 atom stereocenters. The lowest BCUT2D eigenvalue weighted by molar-refractivity contribution is -0.123. The van der Waals surface area contributed by atoms with Gasteiger partial charge in [-0.2, -0.15) is 0 Å². The first-order chi connectivity index (χ1) is 9.50. The van der Waals surface area contributed by atoms with Crippen LogP contribution in [0.4, 0.5) is 5.82 Å². The summed E-state index contributed by atoms with van der Waals surface area (Å²) in [4.78, 5) is 22.3. The van der Waals surface area contributed by atoms with Gasteiger partial charge < -0.3 is 10.6 Å². The van der Waals surface area contributed by atoms with Crippen molar-refractivity contribution in [3.8, 4) is 0 Å². The van der Waals surface area contributed by atoms with Crippen molar-refractivity contribution in [2.75, 3.05) is 18.4 Å². The van der Waals surface area contributed by atoms with E-state index >= 15 is 0 Å². The van der Waals surface area contributed by atoms with E-state index in [1.165, 1.54) is 10.4 Å². The SMILES string of the molecule is Cc1sc2ncnc(NCCNC(=O)C(C)C)c2c1C. The van der Waals surface area contributed by atoms with Crippen LogP contribution in [0.2, 0.25) is 0 Å². The summed E-state index contributed by atoms with van der Waals surface area (Å²) in [5.74, 6) is 0.931. The smallest absolute Gasteiger partial charge is 0.222 e. The minimum Gasteiger partial charge on any atom is -0.368 e. The summed E-state index contributed by atoms with van der Waals surface area (Å²) < 4.78 is 0. The Hall–Kier alpha value is -1.69. The predicted octanol–water partition coefficient (Wildman–Crippen LogP) is 2.49. The van der Waals surface area contributed by atoms with Crippen molar-refractivity contribution in [1.82, 2.24) is 15.3 Å². The molecule has 0 unspecified atom stereocenters. The standard InChI is InChI=1S/C14H20N4OS/c1-8(2)13(19)16-6-5-15-12-11-9(3)10(4)20-14(11)18-7-17-12/h7-8H,5-6H2,1-4H3,(H,16,19)(H,15,17,18). The molecule has 2 rings (SSSR count). The molecule has 0 aliphatic carbocycles. The van der Waals surface area contributed by atoms with E-state index in [2.05, 4.69) is 34.4 Å². The van der Waals surface area contributed by atoms with Crippen LogP contribution in [-0.2, 0) is 4.79 Å². The van der Waals surface area contributed by atoms with Crippen LogP contribution >= 0.6 is 11.3 Å². The highest BCUT2D eigenvalue weighted by Gasteiger charge is 2.11. The molecule has 1 amide bonds. The van der Waals surface area contributed by atoms with Gasteiger partial charge in [-0.1, -0.05) is 13.8 Å². The van der Waals surface area contributed by atoms with E-state index in [0.717, 1.165) is 16.0 Å². The number of anilines is 1. The number of hydrogen-bond acceptors (Lipinski definition) is 5. The van der Waals surface area contributed by atoms with Crippen molar-refractivity contribution in [2.45, 2.75) is 27.7 Å². The summed E-state index contributed by atoms with van der Waals surface area (Å²) in [6, 6.07) is 0. The molecule has 108 valence electrons. The second kappa shape index (κ2) is 6.17. The molecule has 0 aromatic carbocycles. The number of nitrogens with one attached hydrogen (secondary N) is 2. The normalized spacial score (nSPS) is 11.1. The van der Waals surface area contributed by atoms with Crippen molar-refractivity contribution in [3.05, 3.63) is 16.8 Å². The quantitative estimate of drug-likeness (QED) is 0.831. The van der Waals surface area contributed by atoms with E-state index in [1.807, 2.05) is 13.8 Å². The largest absolute Gasteiger partial charge is 0.368 e. The van der Waals surface area contributed by atoms with Crippen LogP contribution in [0, 0.1) is 19.8 Å². The van der Waals surface area contributed by atoms with Crippen LogP contribution in [0.25, 0.3) is 10.2 Å². The number of amides is 1. The van der Waals surface area contributed by atoms with E-state index in [9.17, 15) is 4.79 Å². The molecule has 5 nitrogen and oxygen atoms in total. The monoisotopic (exact) mass is 292 g/mol. The number of carbonyl (C=O) groups excluding carboxylic acids is 1. The zero-order chi connectivity index (χ0) is 14.7. The Kier molecular flexibility index (Phi) is 4.54. The summed E-state index contributed by atoms with van der Waals surface area (Å²) in [6.07, 6.45) is 1.58. The zero-order valence-corrected chi connectivity index (χ0v) is 13.1. The fourth-order valence-electron chi connectivity index (χ4n) is 1.89. The number of aryl methyl sites for hydroxylation is 2. The molecule has 2 aromatic rings. The van der Waals surface area contributed by atoms with Gasteiger partial charge in [0.2, 0.25) is 5.91 Å². The summed E-state index contributed by atoms with van der Waals surface area (Å²) >= 11 is 1.68. The molecule has 20 heavy (non-hydrogen) atoms. The van der Waals surface area contributed by atoms with Gasteiger partial charge in [-0.3, -0.25) is 4.79 Å². The molecule has 0 saturated heterocycles. The van der Waals surface area contributed by atoms with Gasteiger partial charge in [0, 0.05) is 23.9 Å². The minimum atomic E-state index is 0.0162. The molecule has 6 heteroatoms. The van der Waals surface area contributed by atoms with Crippen LogP contribution in [0.3, 0.4) is 0 Å². The van der Waals surface area contributed by atoms with Crippen molar-refractivity contribution in [1.29, 1.82) is 0 Å². The molecule has 0 aliphatic heterocycles. The first kappa shape index (κ1) is 14.7. The summed E-state index contributed by atoms with van der Waals surface area (Å²) in [5.41, 5.74) is 1.22. The van der Waals surface area contributed by atoms with Crippen LogP contribution < -0.4 is 10.6 Å². The molecule has 0 radical (unpaired) electrons.